The van der Waals surface area contributed by atoms with Crippen LogP contribution in [0.4, 0.5) is 11.4 Å². The molecule has 0 unspecified atom stereocenters. The van der Waals surface area contributed by atoms with E-state index in [4.69, 9.17) is 5.53 Å². The molecule has 0 spiro atoms. The van der Waals surface area contributed by atoms with Crippen LogP contribution in [-0.2, 0) is 4.79 Å². The van der Waals surface area contributed by atoms with Crippen LogP contribution in [0.1, 0.15) is 13.8 Å². The van der Waals surface area contributed by atoms with Crippen LogP contribution in [-0.4, -0.2) is 30.4 Å². The van der Waals surface area contributed by atoms with E-state index in [1.165, 1.54) is 0 Å². The number of carbonyl (C=O) groups excluding carboxylic acids is 1. The third kappa shape index (κ3) is 4.45. The summed E-state index contributed by atoms with van der Waals surface area (Å²) in [6.45, 7) is 6.06. The van der Waals surface area contributed by atoms with Crippen LogP contribution in [0.3, 0.4) is 0 Å². The summed E-state index contributed by atoms with van der Waals surface area (Å²) < 4.78 is 0. The lowest BCUT2D eigenvalue weighted by molar-refractivity contribution is -0.117. The minimum atomic E-state index is -0.0724. The first-order chi connectivity index (χ1) is 8.69. The third-order valence-electron chi connectivity index (χ3n) is 2.55. The van der Waals surface area contributed by atoms with E-state index in [1.807, 2.05) is 18.7 Å². The summed E-state index contributed by atoms with van der Waals surface area (Å²) in [5, 5.41) is 6.26. The van der Waals surface area contributed by atoms with Crippen molar-refractivity contribution in [2.75, 3.05) is 25.0 Å². The first kappa shape index (κ1) is 14.0. The second-order valence-corrected chi connectivity index (χ2v) is 3.75. The van der Waals surface area contributed by atoms with Crippen molar-refractivity contribution < 1.29 is 4.79 Å². The second kappa shape index (κ2) is 7.32. The molecule has 1 amide bonds. The van der Waals surface area contributed by atoms with Crippen molar-refractivity contribution in [2.24, 2.45) is 5.11 Å². The van der Waals surface area contributed by atoms with E-state index in [0.29, 0.717) is 17.9 Å². The van der Waals surface area contributed by atoms with Crippen LogP contribution in [0.2, 0.25) is 0 Å². The summed E-state index contributed by atoms with van der Waals surface area (Å²) in [7, 11) is 0. The van der Waals surface area contributed by atoms with Crippen LogP contribution in [0, 0.1) is 0 Å². The van der Waals surface area contributed by atoms with E-state index in [2.05, 4.69) is 15.3 Å². The molecule has 1 rings (SSSR count). The van der Waals surface area contributed by atoms with Gasteiger partial charge in [-0.25, -0.2) is 0 Å². The van der Waals surface area contributed by atoms with Crippen LogP contribution in [0.15, 0.2) is 29.4 Å². The summed E-state index contributed by atoms with van der Waals surface area (Å²) in [4.78, 5) is 16.5. The topological polar surface area (TPSA) is 81.1 Å². The Morgan fingerprint density at radius 3 is 2.78 bits per heavy atom. The normalized spacial score (nSPS) is 9.94. The smallest absolute Gasteiger partial charge is 0.238 e. The van der Waals surface area contributed by atoms with Gasteiger partial charge in [-0.1, -0.05) is 31.1 Å². The zero-order chi connectivity index (χ0) is 13.4. The van der Waals surface area contributed by atoms with E-state index >= 15 is 0 Å². The van der Waals surface area contributed by atoms with Crippen molar-refractivity contribution in [1.29, 1.82) is 0 Å². The first-order valence-electron chi connectivity index (χ1n) is 5.87. The fraction of sp³-hybridized carbons (Fsp3) is 0.417. The van der Waals surface area contributed by atoms with Crippen molar-refractivity contribution in [2.45, 2.75) is 13.8 Å². The molecule has 0 saturated carbocycles. The summed E-state index contributed by atoms with van der Waals surface area (Å²) >= 11 is 0. The Labute approximate surface area is 106 Å². The van der Waals surface area contributed by atoms with Gasteiger partial charge in [0.2, 0.25) is 5.91 Å². The molecule has 1 N–H and O–H groups in total. The van der Waals surface area contributed by atoms with Crippen LogP contribution in [0.5, 0.6) is 0 Å². The molecule has 6 nitrogen and oxygen atoms in total. The fourth-order valence-electron chi connectivity index (χ4n) is 1.55. The average molecular weight is 247 g/mol. The fourth-order valence-corrected chi connectivity index (χ4v) is 1.55. The maximum absolute atomic E-state index is 11.8. The number of hydrogen-bond acceptors (Lipinski definition) is 3. The van der Waals surface area contributed by atoms with E-state index < -0.39 is 0 Å². The molecule has 0 aliphatic heterocycles. The lowest BCUT2D eigenvalue weighted by Gasteiger charge is -2.17. The standard InChI is InChI=1S/C12H17N5O/c1-3-17(4-2)9-12(18)14-10-6-5-7-11(8-10)15-16-13/h5-8H,3-4,9H2,1-2H3,(H,14,18). The minimum absolute atomic E-state index is 0.0724. The van der Waals surface area contributed by atoms with Gasteiger partial charge in [-0.05, 0) is 30.8 Å². The van der Waals surface area contributed by atoms with Crippen LogP contribution in [0.25, 0.3) is 10.4 Å². The molecule has 0 bridgehead atoms. The zero-order valence-corrected chi connectivity index (χ0v) is 10.6. The van der Waals surface area contributed by atoms with Gasteiger partial charge in [0.05, 0.1) is 6.54 Å². The first-order valence-corrected chi connectivity index (χ1v) is 5.87. The maximum Gasteiger partial charge on any atom is 0.238 e. The van der Waals surface area contributed by atoms with Gasteiger partial charge in [0.1, 0.15) is 0 Å². The molecule has 1 aromatic carbocycles. The van der Waals surface area contributed by atoms with Crippen LogP contribution < -0.4 is 5.32 Å². The number of nitrogens with one attached hydrogen (secondary N) is 1. The van der Waals surface area contributed by atoms with Gasteiger partial charge in [-0.15, -0.1) is 0 Å². The Hall–Kier alpha value is -2.04. The molecule has 18 heavy (non-hydrogen) atoms. The third-order valence-corrected chi connectivity index (χ3v) is 2.55. The number of anilines is 1. The second-order valence-electron chi connectivity index (χ2n) is 3.75. The highest BCUT2D eigenvalue weighted by Crippen LogP contribution is 2.17. The van der Waals surface area contributed by atoms with E-state index in [-0.39, 0.29) is 5.91 Å². The average Bonchev–Trinajstić information content (AvgIpc) is 2.36. The summed E-state index contributed by atoms with van der Waals surface area (Å²) in [5.41, 5.74) is 9.46. The Kier molecular flexibility index (Phi) is 5.70. The molecule has 96 valence electrons. The number of benzene rings is 1. The van der Waals surface area contributed by atoms with E-state index in [9.17, 15) is 4.79 Å². The van der Waals surface area contributed by atoms with Gasteiger partial charge in [-0.3, -0.25) is 9.69 Å². The SMILES string of the molecule is CCN(CC)CC(=O)Nc1cccc(N=[N+]=[N-])c1. The predicted octanol–water partition coefficient (Wildman–Crippen LogP) is 2.91. The molecule has 0 heterocycles. The minimum Gasteiger partial charge on any atom is -0.325 e. The van der Waals surface area contributed by atoms with Gasteiger partial charge in [0, 0.05) is 16.3 Å². The Bertz CT molecular complexity index is 450. The number of rotatable bonds is 6. The highest BCUT2D eigenvalue weighted by molar-refractivity contribution is 5.92. The molecular formula is C12H17N5O. The van der Waals surface area contributed by atoms with Gasteiger partial charge in [-0.2, -0.15) is 0 Å². The molecule has 0 atom stereocenters. The summed E-state index contributed by atoms with van der Waals surface area (Å²) in [6.07, 6.45) is 0. The Morgan fingerprint density at radius 1 is 1.44 bits per heavy atom. The highest BCUT2D eigenvalue weighted by atomic mass is 16.2. The van der Waals surface area contributed by atoms with Crippen molar-refractivity contribution in [3.8, 4) is 0 Å². The van der Waals surface area contributed by atoms with Crippen molar-refractivity contribution >= 4 is 17.3 Å². The van der Waals surface area contributed by atoms with Gasteiger partial charge in [0.25, 0.3) is 0 Å². The number of nitrogens with zero attached hydrogens (tertiary/aromatic N) is 4. The summed E-state index contributed by atoms with van der Waals surface area (Å²) in [5.74, 6) is -0.0724. The maximum atomic E-state index is 11.8. The Morgan fingerprint density at radius 2 is 2.17 bits per heavy atom. The monoisotopic (exact) mass is 247 g/mol. The molecular weight excluding hydrogens is 230 g/mol. The number of azide groups is 1. The van der Waals surface area contributed by atoms with E-state index in [0.717, 1.165) is 13.1 Å². The van der Waals surface area contributed by atoms with Crippen molar-refractivity contribution in [3.05, 3.63) is 34.7 Å². The van der Waals surface area contributed by atoms with Gasteiger partial charge < -0.3 is 5.32 Å². The van der Waals surface area contributed by atoms with Gasteiger partial charge in [0.15, 0.2) is 0 Å². The lowest BCUT2D eigenvalue weighted by atomic mass is 10.3. The molecule has 0 aromatic heterocycles. The molecule has 0 fully saturated rings. The van der Waals surface area contributed by atoms with E-state index in [1.54, 1.807) is 24.3 Å². The largest absolute Gasteiger partial charge is 0.325 e. The molecule has 0 aliphatic carbocycles. The van der Waals surface area contributed by atoms with Gasteiger partial charge >= 0.3 is 0 Å². The molecule has 1 aromatic rings. The van der Waals surface area contributed by atoms with Crippen LogP contribution >= 0.6 is 0 Å². The molecule has 0 saturated heterocycles. The summed E-state index contributed by atoms with van der Waals surface area (Å²) in [6, 6.07) is 6.81. The van der Waals surface area contributed by atoms with Crippen molar-refractivity contribution in [1.82, 2.24) is 4.90 Å². The molecule has 0 radical (unpaired) electrons. The number of carbonyl (C=O) groups is 1. The predicted molar refractivity (Wildman–Crippen MR) is 71.7 cm³/mol. The Balaban J connectivity index is 2.64. The quantitative estimate of drug-likeness (QED) is 0.476. The lowest BCUT2D eigenvalue weighted by Crippen LogP contribution is -2.32. The molecule has 6 heteroatoms. The number of hydrogen-bond donors (Lipinski definition) is 1. The zero-order valence-electron chi connectivity index (χ0n) is 10.6. The highest BCUT2D eigenvalue weighted by Gasteiger charge is 2.07. The van der Waals surface area contributed by atoms with Crippen molar-refractivity contribution in [3.63, 3.8) is 0 Å². The number of likely N-dealkylation sites (N-methyl/N-ethyl adjacent to an activating group) is 1. The number of amides is 1. The molecule has 0 aliphatic rings.